The Morgan fingerprint density at radius 2 is 2.08 bits per heavy atom. The molecule has 0 fully saturated rings. The summed E-state index contributed by atoms with van der Waals surface area (Å²) in [7, 11) is 0. The van der Waals surface area contributed by atoms with E-state index in [0.29, 0.717) is 16.8 Å². The lowest BCUT2D eigenvalue weighted by Gasteiger charge is -2.05. The van der Waals surface area contributed by atoms with Crippen LogP contribution in [0.2, 0.25) is 0 Å². The molecule has 2 aromatic heterocycles. The van der Waals surface area contributed by atoms with E-state index in [9.17, 15) is 4.79 Å². The molecule has 0 radical (unpaired) electrons. The Morgan fingerprint density at radius 3 is 2.76 bits per heavy atom. The Balaban J connectivity index is 1.63. The first kappa shape index (κ1) is 17.2. The fourth-order valence-corrected chi connectivity index (χ4v) is 3.16. The number of carbonyl (C=O) groups excluding carboxylic acids is 1. The third-order valence-corrected chi connectivity index (χ3v) is 4.33. The summed E-state index contributed by atoms with van der Waals surface area (Å²) < 4.78 is 5.15. The maximum atomic E-state index is 11.9. The highest BCUT2D eigenvalue weighted by Gasteiger charge is 2.07. The van der Waals surface area contributed by atoms with Crippen molar-refractivity contribution in [3.63, 3.8) is 0 Å². The predicted molar refractivity (Wildman–Crippen MR) is 102 cm³/mol. The average molecular weight is 352 g/mol. The molecule has 25 heavy (non-hydrogen) atoms. The number of carbonyl (C=O) groups is 1. The number of nitrogens with zero attached hydrogens (tertiary/aromatic N) is 1. The molecule has 1 aromatic carbocycles. The van der Waals surface area contributed by atoms with Crippen molar-refractivity contribution in [2.45, 2.75) is 20.3 Å². The first-order chi connectivity index (χ1) is 12.1. The van der Waals surface area contributed by atoms with Crippen LogP contribution in [-0.4, -0.2) is 10.9 Å². The summed E-state index contributed by atoms with van der Waals surface area (Å²) in [6, 6.07) is 12.0. The predicted octanol–water partition coefficient (Wildman–Crippen LogP) is 5.25. The van der Waals surface area contributed by atoms with Crippen LogP contribution in [0.1, 0.15) is 25.2 Å². The number of hydrogen-bond acceptors (Lipinski definition) is 4. The number of benzene rings is 1. The van der Waals surface area contributed by atoms with E-state index in [1.807, 2.05) is 5.38 Å². The number of anilines is 1. The largest absolute Gasteiger partial charge is 0.465 e. The SMILES string of the molecule is CC(C)Cc1ccc(-c2csc(NC(=O)/C=C/c3ccco3)n2)cc1. The molecule has 2 heterocycles. The average Bonchev–Trinajstić information content (AvgIpc) is 3.25. The first-order valence-corrected chi connectivity index (χ1v) is 9.05. The maximum Gasteiger partial charge on any atom is 0.250 e. The second kappa shape index (κ2) is 7.94. The van der Waals surface area contributed by atoms with Crippen molar-refractivity contribution in [1.29, 1.82) is 0 Å². The summed E-state index contributed by atoms with van der Waals surface area (Å²) in [5, 5.41) is 5.30. The Bertz CT molecular complexity index is 846. The Hall–Kier alpha value is -2.66. The van der Waals surface area contributed by atoms with E-state index in [2.05, 4.69) is 48.4 Å². The van der Waals surface area contributed by atoms with Gasteiger partial charge in [0.25, 0.3) is 0 Å². The van der Waals surface area contributed by atoms with Gasteiger partial charge < -0.3 is 4.42 Å². The number of rotatable bonds is 6. The number of thiazole rings is 1. The van der Waals surface area contributed by atoms with Gasteiger partial charge in [-0.15, -0.1) is 11.3 Å². The highest BCUT2D eigenvalue weighted by Crippen LogP contribution is 2.25. The van der Waals surface area contributed by atoms with Crippen molar-refractivity contribution >= 4 is 28.5 Å². The molecule has 1 amide bonds. The molecule has 1 N–H and O–H groups in total. The zero-order valence-electron chi connectivity index (χ0n) is 14.2. The summed E-state index contributed by atoms with van der Waals surface area (Å²) in [6.07, 6.45) is 5.69. The van der Waals surface area contributed by atoms with Gasteiger partial charge in [0.05, 0.1) is 12.0 Å². The fraction of sp³-hybridized carbons (Fsp3) is 0.200. The molecular weight excluding hydrogens is 332 g/mol. The molecule has 4 nitrogen and oxygen atoms in total. The fourth-order valence-electron chi connectivity index (χ4n) is 2.44. The number of nitrogens with one attached hydrogen (secondary N) is 1. The van der Waals surface area contributed by atoms with E-state index in [-0.39, 0.29) is 5.91 Å². The summed E-state index contributed by atoms with van der Waals surface area (Å²) in [5.41, 5.74) is 3.24. The number of furan rings is 1. The third kappa shape index (κ3) is 4.90. The van der Waals surface area contributed by atoms with Gasteiger partial charge in [0, 0.05) is 17.0 Å². The number of hydrogen-bond donors (Lipinski definition) is 1. The molecule has 0 aliphatic carbocycles. The van der Waals surface area contributed by atoms with Gasteiger partial charge in [0.15, 0.2) is 5.13 Å². The maximum absolute atomic E-state index is 11.9. The smallest absolute Gasteiger partial charge is 0.250 e. The molecule has 0 bridgehead atoms. The lowest BCUT2D eigenvalue weighted by molar-refractivity contribution is -0.111. The third-order valence-electron chi connectivity index (χ3n) is 3.57. The zero-order chi connectivity index (χ0) is 17.6. The van der Waals surface area contributed by atoms with Crippen LogP contribution < -0.4 is 5.32 Å². The standard InChI is InChI=1S/C20H20N2O2S/c1-14(2)12-15-5-7-16(8-6-15)18-13-25-20(21-18)22-19(23)10-9-17-4-3-11-24-17/h3-11,13-14H,12H2,1-2H3,(H,21,22,23)/b10-9+. The summed E-state index contributed by atoms with van der Waals surface area (Å²) in [5.74, 6) is 1.04. The van der Waals surface area contributed by atoms with Crippen molar-refractivity contribution in [2.75, 3.05) is 5.32 Å². The second-order valence-electron chi connectivity index (χ2n) is 6.17. The van der Waals surface area contributed by atoms with Crippen LogP contribution in [0.15, 0.2) is 58.5 Å². The van der Waals surface area contributed by atoms with E-state index in [0.717, 1.165) is 17.7 Å². The summed E-state index contributed by atoms with van der Waals surface area (Å²) >= 11 is 1.41. The van der Waals surface area contributed by atoms with Crippen molar-refractivity contribution in [2.24, 2.45) is 5.92 Å². The van der Waals surface area contributed by atoms with Gasteiger partial charge in [0.2, 0.25) is 5.91 Å². The lowest BCUT2D eigenvalue weighted by Crippen LogP contribution is -2.07. The quantitative estimate of drug-likeness (QED) is 0.616. The number of amides is 1. The normalized spacial score (nSPS) is 11.3. The van der Waals surface area contributed by atoms with Crippen molar-refractivity contribution < 1.29 is 9.21 Å². The molecule has 0 spiro atoms. The summed E-state index contributed by atoms with van der Waals surface area (Å²) in [4.78, 5) is 16.4. The summed E-state index contributed by atoms with van der Waals surface area (Å²) in [6.45, 7) is 4.42. The van der Waals surface area contributed by atoms with Gasteiger partial charge >= 0.3 is 0 Å². The lowest BCUT2D eigenvalue weighted by atomic mass is 10.0. The van der Waals surface area contributed by atoms with Crippen molar-refractivity contribution in [3.8, 4) is 11.3 Å². The minimum absolute atomic E-state index is 0.232. The van der Waals surface area contributed by atoms with E-state index in [1.165, 1.54) is 23.0 Å². The van der Waals surface area contributed by atoms with Crippen molar-refractivity contribution in [1.82, 2.24) is 4.98 Å². The Morgan fingerprint density at radius 1 is 1.28 bits per heavy atom. The van der Waals surface area contributed by atoms with E-state index < -0.39 is 0 Å². The molecule has 3 rings (SSSR count). The zero-order valence-corrected chi connectivity index (χ0v) is 15.0. The van der Waals surface area contributed by atoms with Crippen LogP contribution in [0.4, 0.5) is 5.13 Å². The second-order valence-corrected chi connectivity index (χ2v) is 7.03. The molecule has 0 unspecified atom stereocenters. The molecule has 0 aliphatic heterocycles. The molecule has 0 saturated heterocycles. The van der Waals surface area contributed by atoms with Gasteiger partial charge in [-0.3, -0.25) is 10.1 Å². The van der Waals surface area contributed by atoms with E-state index >= 15 is 0 Å². The first-order valence-electron chi connectivity index (χ1n) is 8.17. The van der Waals surface area contributed by atoms with Crippen LogP contribution in [0.5, 0.6) is 0 Å². The van der Waals surface area contributed by atoms with Gasteiger partial charge in [-0.2, -0.15) is 0 Å². The molecule has 5 heteroatoms. The Labute approximate surface area is 151 Å². The minimum atomic E-state index is -0.232. The van der Waals surface area contributed by atoms with Gasteiger partial charge in [-0.25, -0.2) is 4.98 Å². The molecule has 0 aliphatic rings. The Kier molecular flexibility index (Phi) is 5.46. The van der Waals surface area contributed by atoms with Crippen LogP contribution in [0.25, 0.3) is 17.3 Å². The monoisotopic (exact) mass is 352 g/mol. The van der Waals surface area contributed by atoms with E-state index in [1.54, 1.807) is 24.5 Å². The van der Waals surface area contributed by atoms with Gasteiger partial charge in [-0.05, 0) is 36.1 Å². The van der Waals surface area contributed by atoms with Crippen molar-refractivity contribution in [3.05, 3.63) is 65.4 Å². The van der Waals surface area contributed by atoms with Crippen LogP contribution in [0.3, 0.4) is 0 Å². The molecule has 128 valence electrons. The minimum Gasteiger partial charge on any atom is -0.465 e. The molecule has 3 aromatic rings. The van der Waals surface area contributed by atoms with Crippen LogP contribution >= 0.6 is 11.3 Å². The highest BCUT2D eigenvalue weighted by atomic mass is 32.1. The van der Waals surface area contributed by atoms with Crippen LogP contribution in [0, 0.1) is 5.92 Å². The number of aromatic nitrogens is 1. The van der Waals surface area contributed by atoms with E-state index in [4.69, 9.17) is 4.42 Å². The molecular formula is C20H20N2O2S. The van der Waals surface area contributed by atoms with Gasteiger partial charge in [0.1, 0.15) is 5.76 Å². The van der Waals surface area contributed by atoms with Gasteiger partial charge in [-0.1, -0.05) is 38.1 Å². The molecule has 0 atom stereocenters. The topological polar surface area (TPSA) is 55.1 Å². The van der Waals surface area contributed by atoms with Crippen LogP contribution in [-0.2, 0) is 11.2 Å². The molecule has 0 saturated carbocycles. The highest BCUT2D eigenvalue weighted by molar-refractivity contribution is 7.14.